The Kier molecular flexibility index (Phi) is 10.5. The van der Waals surface area contributed by atoms with Gasteiger partial charge in [0.05, 0.1) is 5.69 Å². The molecule has 3 heteroatoms. The smallest absolute Gasteiger partial charge is 0.0508 e. The van der Waals surface area contributed by atoms with E-state index in [9.17, 15) is 0 Å². The molecule has 2 aliphatic carbocycles. The van der Waals surface area contributed by atoms with Gasteiger partial charge < -0.3 is 14.7 Å². The Balaban J connectivity index is 1.03. The van der Waals surface area contributed by atoms with E-state index in [2.05, 4.69) is 303 Å². The van der Waals surface area contributed by atoms with Crippen LogP contribution in [0.2, 0.25) is 0 Å². The van der Waals surface area contributed by atoms with Crippen molar-refractivity contribution in [3.05, 3.63) is 283 Å². The van der Waals surface area contributed by atoms with Crippen molar-refractivity contribution in [2.24, 2.45) is 0 Å². The first-order valence-corrected chi connectivity index (χ1v) is 25.5. The molecule has 0 spiro atoms. The number of hydrogen-bond acceptors (Lipinski definition) is 3. The molecule has 11 aromatic carbocycles. The van der Waals surface area contributed by atoms with E-state index in [-0.39, 0.29) is 10.8 Å². The summed E-state index contributed by atoms with van der Waals surface area (Å²) in [5.74, 6) is 0. The highest BCUT2D eigenvalue weighted by Gasteiger charge is 2.39. The molecule has 0 fully saturated rings. The Morgan fingerprint density at radius 2 is 0.699 bits per heavy atom. The second kappa shape index (κ2) is 17.4. The number of para-hydroxylation sites is 3. The molecule has 0 bridgehead atoms. The molecule has 3 nitrogen and oxygen atoms in total. The molecule has 73 heavy (non-hydrogen) atoms. The molecule has 0 saturated carbocycles. The van der Waals surface area contributed by atoms with E-state index in [1.807, 2.05) is 0 Å². The molecule has 0 aromatic heterocycles. The molecular formula is C70H55N3. The summed E-state index contributed by atoms with van der Waals surface area (Å²) in [5.41, 5.74) is 22.3. The van der Waals surface area contributed by atoms with Gasteiger partial charge in [-0.3, -0.25) is 0 Å². The van der Waals surface area contributed by atoms with Crippen LogP contribution in [0, 0.1) is 0 Å². The summed E-state index contributed by atoms with van der Waals surface area (Å²) < 4.78 is 0. The third-order valence-corrected chi connectivity index (χ3v) is 15.5. The predicted octanol–water partition coefficient (Wildman–Crippen LogP) is 19.5. The van der Waals surface area contributed by atoms with Gasteiger partial charge in [-0.1, -0.05) is 191 Å². The van der Waals surface area contributed by atoms with Gasteiger partial charge in [0.2, 0.25) is 0 Å². The number of hydrogen-bond donors (Lipinski definition) is 0. The standard InChI is InChI=1S/C70H55N3/c1-69(2)64-35-18-16-32-60(64)62-41-39-50(45-66(62)69)51-43-58(47-59(44-51)72(53-26-10-6-11-27-53)57-40-38-48-22-14-15-23-49(48)42-57)71(52-24-8-5-9-25-52)55-30-20-31-56(46-55)73(54-28-12-7-13-29-54)67-37-21-34-63-61-33-17-19-36-65(61)70(3,4)68(63)67/h5-47H,1-4H3. The Labute approximate surface area is 429 Å². The zero-order chi connectivity index (χ0) is 49.3. The van der Waals surface area contributed by atoms with Gasteiger partial charge in [-0.15, -0.1) is 0 Å². The fraction of sp³-hybridized carbons (Fsp3) is 0.0857. The molecule has 11 aromatic rings. The van der Waals surface area contributed by atoms with Crippen LogP contribution in [0.3, 0.4) is 0 Å². The van der Waals surface area contributed by atoms with Crippen molar-refractivity contribution in [3.8, 4) is 33.4 Å². The second-order valence-corrected chi connectivity index (χ2v) is 20.6. The summed E-state index contributed by atoms with van der Waals surface area (Å²) in [6, 6.07) is 96.0. The molecule has 0 unspecified atom stereocenters. The number of nitrogens with zero attached hydrogens (tertiary/aromatic N) is 3. The van der Waals surface area contributed by atoms with Gasteiger partial charge in [0, 0.05) is 56.3 Å². The lowest BCUT2D eigenvalue weighted by Gasteiger charge is -2.33. The topological polar surface area (TPSA) is 9.72 Å². The van der Waals surface area contributed by atoms with Gasteiger partial charge in [-0.25, -0.2) is 0 Å². The maximum Gasteiger partial charge on any atom is 0.0508 e. The van der Waals surface area contributed by atoms with Crippen LogP contribution in [-0.2, 0) is 10.8 Å². The van der Waals surface area contributed by atoms with Gasteiger partial charge in [0.25, 0.3) is 0 Å². The molecule has 2 aliphatic rings. The van der Waals surface area contributed by atoms with Crippen LogP contribution in [0.5, 0.6) is 0 Å². The van der Waals surface area contributed by atoms with Crippen molar-refractivity contribution < 1.29 is 0 Å². The van der Waals surface area contributed by atoms with Crippen LogP contribution in [0.25, 0.3) is 44.2 Å². The van der Waals surface area contributed by atoms with Crippen molar-refractivity contribution >= 4 is 62.0 Å². The summed E-state index contributed by atoms with van der Waals surface area (Å²) in [6.45, 7) is 9.49. The zero-order valence-corrected chi connectivity index (χ0v) is 41.7. The molecule has 0 saturated heterocycles. The maximum absolute atomic E-state index is 2.46. The number of rotatable bonds is 10. The average Bonchev–Trinajstić information content (AvgIpc) is 3.81. The van der Waals surface area contributed by atoms with E-state index in [0.717, 1.165) is 51.1 Å². The van der Waals surface area contributed by atoms with Crippen molar-refractivity contribution in [3.63, 3.8) is 0 Å². The van der Waals surface area contributed by atoms with Crippen molar-refractivity contribution in [2.45, 2.75) is 38.5 Å². The molecule has 13 rings (SSSR count). The van der Waals surface area contributed by atoms with E-state index in [1.165, 1.54) is 66.5 Å². The van der Waals surface area contributed by atoms with Crippen LogP contribution in [0.1, 0.15) is 49.9 Å². The third-order valence-electron chi connectivity index (χ3n) is 15.5. The van der Waals surface area contributed by atoms with E-state index >= 15 is 0 Å². The molecule has 0 radical (unpaired) electrons. The highest BCUT2D eigenvalue weighted by Crippen LogP contribution is 2.55. The molecular weight excluding hydrogens is 883 g/mol. The maximum atomic E-state index is 2.46. The fourth-order valence-electron chi connectivity index (χ4n) is 12.0. The first-order chi connectivity index (χ1) is 35.7. The van der Waals surface area contributed by atoms with Crippen LogP contribution in [0.15, 0.2) is 261 Å². The van der Waals surface area contributed by atoms with Gasteiger partial charge in [-0.05, 0) is 163 Å². The Morgan fingerprint density at radius 3 is 1.34 bits per heavy atom. The summed E-state index contributed by atoms with van der Waals surface area (Å²) in [5, 5.41) is 2.41. The summed E-state index contributed by atoms with van der Waals surface area (Å²) >= 11 is 0. The zero-order valence-electron chi connectivity index (χ0n) is 41.7. The van der Waals surface area contributed by atoms with Crippen LogP contribution in [-0.4, -0.2) is 0 Å². The van der Waals surface area contributed by atoms with Gasteiger partial charge in [0.1, 0.15) is 0 Å². The number of fused-ring (bicyclic) bond motifs is 7. The normalized spacial score (nSPS) is 13.4. The lowest BCUT2D eigenvalue weighted by atomic mass is 9.81. The summed E-state index contributed by atoms with van der Waals surface area (Å²) in [6.07, 6.45) is 0. The Hall–Kier alpha value is -8.92. The minimum Gasteiger partial charge on any atom is -0.310 e. The first-order valence-electron chi connectivity index (χ1n) is 25.5. The second-order valence-electron chi connectivity index (χ2n) is 20.6. The highest BCUT2D eigenvalue weighted by molar-refractivity contribution is 5.95. The number of anilines is 9. The summed E-state index contributed by atoms with van der Waals surface area (Å²) in [7, 11) is 0. The fourth-order valence-corrected chi connectivity index (χ4v) is 12.0. The quantitative estimate of drug-likeness (QED) is 0.135. The van der Waals surface area contributed by atoms with Crippen molar-refractivity contribution in [1.82, 2.24) is 0 Å². The monoisotopic (exact) mass is 937 g/mol. The summed E-state index contributed by atoms with van der Waals surface area (Å²) in [4.78, 5) is 7.31. The minimum absolute atomic E-state index is 0.151. The van der Waals surface area contributed by atoms with Crippen LogP contribution >= 0.6 is 0 Å². The largest absolute Gasteiger partial charge is 0.310 e. The van der Waals surface area contributed by atoms with Crippen LogP contribution in [0.4, 0.5) is 51.2 Å². The van der Waals surface area contributed by atoms with Gasteiger partial charge >= 0.3 is 0 Å². The Morgan fingerprint density at radius 1 is 0.247 bits per heavy atom. The van der Waals surface area contributed by atoms with Crippen LogP contribution < -0.4 is 14.7 Å². The Bertz CT molecular complexity index is 3870. The molecule has 0 N–H and O–H groups in total. The van der Waals surface area contributed by atoms with E-state index in [1.54, 1.807) is 0 Å². The molecule has 350 valence electrons. The molecule has 0 heterocycles. The van der Waals surface area contributed by atoms with Gasteiger partial charge in [-0.2, -0.15) is 0 Å². The molecule has 0 aliphatic heterocycles. The highest BCUT2D eigenvalue weighted by atomic mass is 15.2. The lowest BCUT2D eigenvalue weighted by molar-refractivity contribution is 0.660. The number of benzene rings is 11. The van der Waals surface area contributed by atoms with Crippen molar-refractivity contribution in [2.75, 3.05) is 14.7 Å². The lowest BCUT2D eigenvalue weighted by Crippen LogP contribution is -2.21. The molecule has 0 amide bonds. The van der Waals surface area contributed by atoms with E-state index in [4.69, 9.17) is 0 Å². The van der Waals surface area contributed by atoms with E-state index in [0.29, 0.717) is 0 Å². The first kappa shape index (κ1) is 44.1. The third kappa shape index (κ3) is 7.42. The van der Waals surface area contributed by atoms with Gasteiger partial charge in [0.15, 0.2) is 0 Å². The predicted molar refractivity (Wildman–Crippen MR) is 309 cm³/mol. The average molecular weight is 938 g/mol. The molecule has 0 atom stereocenters. The minimum atomic E-state index is -0.217. The van der Waals surface area contributed by atoms with E-state index < -0.39 is 0 Å². The van der Waals surface area contributed by atoms with Crippen molar-refractivity contribution in [1.29, 1.82) is 0 Å². The SMILES string of the molecule is CC1(C)c2ccccc2-c2ccc(-c3cc(N(c4ccccc4)c4cccc(N(c5ccccc5)c5cccc6c5C(C)(C)c5ccccc5-6)c4)cc(N(c4ccccc4)c4ccc5ccccc5c4)c3)cc21.